The molecule has 3 N–H and O–H groups in total. The fourth-order valence-corrected chi connectivity index (χ4v) is 2.11. The van der Waals surface area contributed by atoms with Gasteiger partial charge in [-0.3, -0.25) is 4.99 Å². The van der Waals surface area contributed by atoms with Gasteiger partial charge in [-0.15, -0.1) is 0 Å². The number of ether oxygens (including phenoxy) is 1. The summed E-state index contributed by atoms with van der Waals surface area (Å²) in [5.41, 5.74) is 7.86. The highest BCUT2D eigenvalue weighted by molar-refractivity contribution is 5.78. The molecule has 1 aromatic rings. The number of hydrogen-bond donors (Lipinski definition) is 2. The van der Waals surface area contributed by atoms with Crippen LogP contribution >= 0.6 is 0 Å². The predicted octanol–water partition coefficient (Wildman–Crippen LogP) is 1.33. The van der Waals surface area contributed by atoms with Crippen molar-refractivity contribution < 1.29 is 9.26 Å². The number of nitrogens with one attached hydrogen (secondary N) is 1. The lowest BCUT2D eigenvalue weighted by Gasteiger charge is -2.14. The first-order valence-corrected chi connectivity index (χ1v) is 6.43. The number of nitrogens with zero attached hydrogens (tertiary/aromatic N) is 2. The van der Waals surface area contributed by atoms with Gasteiger partial charge in [-0.05, 0) is 20.8 Å². The van der Waals surface area contributed by atoms with Crippen LogP contribution in [0.25, 0.3) is 0 Å². The van der Waals surface area contributed by atoms with Crippen LogP contribution in [0.4, 0.5) is 0 Å². The van der Waals surface area contributed by atoms with Gasteiger partial charge in [-0.25, -0.2) is 0 Å². The minimum absolute atomic E-state index is 0.142. The second-order valence-corrected chi connectivity index (χ2v) is 4.87. The van der Waals surface area contributed by atoms with Crippen molar-refractivity contribution in [3.8, 4) is 0 Å². The summed E-state index contributed by atoms with van der Waals surface area (Å²) in [6, 6.07) is 0.142. The molecule has 0 aromatic carbocycles. The van der Waals surface area contributed by atoms with Crippen LogP contribution in [0, 0.1) is 13.8 Å². The molecule has 0 fully saturated rings. The van der Waals surface area contributed by atoms with Crippen molar-refractivity contribution in [1.82, 2.24) is 10.5 Å². The minimum Gasteiger partial charge on any atom is -0.383 e. The molecule has 0 bridgehead atoms. The van der Waals surface area contributed by atoms with Gasteiger partial charge in [0.2, 0.25) is 0 Å². The lowest BCUT2D eigenvalue weighted by molar-refractivity contribution is 0.179. The molecule has 1 rings (SSSR count). The number of nitrogens with two attached hydrogens (primary N) is 1. The third kappa shape index (κ3) is 4.55. The standard InChI is InChI=1S/C13H24N4O2/c1-8(12-10(3)17-19-11(12)4)6-15-13(14)16-9(2)7-18-5/h8-9H,6-7H2,1-5H3,(H3,14,15,16). The van der Waals surface area contributed by atoms with E-state index in [0.717, 1.165) is 17.0 Å². The van der Waals surface area contributed by atoms with Crippen LogP contribution in [0.2, 0.25) is 0 Å². The lowest BCUT2D eigenvalue weighted by Crippen LogP contribution is -2.40. The number of aromatic nitrogens is 1. The number of rotatable bonds is 6. The van der Waals surface area contributed by atoms with Gasteiger partial charge in [-0.1, -0.05) is 12.1 Å². The van der Waals surface area contributed by atoms with Crippen LogP contribution in [-0.4, -0.2) is 37.4 Å². The van der Waals surface area contributed by atoms with E-state index in [2.05, 4.69) is 22.4 Å². The monoisotopic (exact) mass is 268 g/mol. The minimum atomic E-state index is 0.142. The summed E-state index contributed by atoms with van der Waals surface area (Å²) in [6.45, 7) is 9.12. The average Bonchev–Trinajstić information content (AvgIpc) is 2.66. The highest BCUT2D eigenvalue weighted by Gasteiger charge is 2.16. The van der Waals surface area contributed by atoms with Gasteiger partial charge < -0.3 is 20.3 Å². The van der Waals surface area contributed by atoms with Crippen molar-refractivity contribution >= 4 is 5.96 Å². The summed E-state index contributed by atoms with van der Waals surface area (Å²) < 4.78 is 10.2. The van der Waals surface area contributed by atoms with Crippen molar-refractivity contribution in [1.29, 1.82) is 0 Å². The topological polar surface area (TPSA) is 85.7 Å². The van der Waals surface area contributed by atoms with E-state index >= 15 is 0 Å². The summed E-state index contributed by atoms with van der Waals surface area (Å²) in [7, 11) is 1.66. The van der Waals surface area contributed by atoms with Gasteiger partial charge in [0.1, 0.15) is 5.76 Å². The maximum Gasteiger partial charge on any atom is 0.188 e. The Labute approximate surface area is 114 Å². The number of hydrogen-bond acceptors (Lipinski definition) is 4. The molecule has 0 saturated heterocycles. The Morgan fingerprint density at radius 2 is 2.16 bits per heavy atom. The van der Waals surface area contributed by atoms with Crippen molar-refractivity contribution in [3.05, 3.63) is 17.0 Å². The first-order valence-electron chi connectivity index (χ1n) is 6.43. The first-order chi connectivity index (χ1) is 8.95. The predicted molar refractivity (Wildman–Crippen MR) is 75.4 cm³/mol. The highest BCUT2D eigenvalue weighted by Crippen LogP contribution is 2.22. The van der Waals surface area contributed by atoms with E-state index in [9.17, 15) is 0 Å². The Morgan fingerprint density at radius 1 is 1.47 bits per heavy atom. The Kier molecular flexibility index (Phi) is 5.82. The molecule has 0 spiro atoms. The van der Waals surface area contributed by atoms with Crippen LogP contribution < -0.4 is 11.1 Å². The largest absolute Gasteiger partial charge is 0.383 e. The van der Waals surface area contributed by atoms with E-state index in [-0.39, 0.29) is 12.0 Å². The lowest BCUT2D eigenvalue weighted by atomic mass is 10.00. The molecule has 0 radical (unpaired) electrons. The SMILES string of the molecule is COCC(C)NC(N)=NCC(C)c1c(C)noc1C. The third-order valence-electron chi connectivity index (χ3n) is 2.93. The highest BCUT2D eigenvalue weighted by atomic mass is 16.5. The van der Waals surface area contributed by atoms with E-state index in [0.29, 0.717) is 19.1 Å². The summed E-state index contributed by atoms with van der Waals surface area (Å²) in [4.78, 5) is 4.34. The number of aryl methyl sites for hydroxylation is 2. The third-order valence-corrected chi connectivity index (χ3v) is 2.93. The molecular weight excluding hydrogens is 244 g/mol. The second-order valence-electron chi connectivity index (χ2n) is 4.87. The fraction of sp³-hybridized carbons (Fsp3) is 0.692. The molecule has 6 heteroatoms. The molecule has 0 aliphatic heterocycles. The average molecular weight is 268 g/mol. The molecule has 0 amide bonds. The normalized spacial score (nSPS) is 15.3. The summed E-state index contributed by atoms with van der Waals surface area (Å²) >= 11 is 0. The van der Waals surface area contributed by atoms with Crippen molar-refractivity contribution in [3.63, 3.8) is 0 Å². The van der Waals surface area contributed by atoms with Crippen molar-refractivity contribution in [2.45, 2.75) is 39.7 Å². The molecule has 0 aliphatic rings. The molecular formula is C13H24N4O2. The zero-order valence-electron chi connectivity index (χ0n) is 12.4. The first kappa shape index (κ1) is 15.5. The fourth-order valence-electron chi connectivity index (χ4n) is 2.11. The molecule has 19 heavy (non-hydrogen) atoms. The zero-order chi connectivity index (χ0) is 14.4. The van der Waals surface area contributed by atoms with Gasteiger partial charge in [-0.2, -0.15) is 0 Å². The van der Waals surface area contributed by atoms with Crippen molar-refractivity contribution in [2.75, 3.05) is 20.3 Å². The summed E-state index contributed by atoms with van der Waals surface area (Å²) in [5.74, 6) is 1.51. The Balaban J connectivity index is 2.55. The number of guanidine groups is 1. The molecule has 108 valence electrons. The second kappa shape index (κ2) is 7.13. The summed E-state index contributed by atoms with van der Waals surface area (Å²) in [5, 5.41) is 7.02. The molecule has 0 aliphatic carbocycles. The maximum atomic E-state index is 5.83. The van der Waals surface area contributed by atoms with Gasteiger partial charge in [0.25, 0.3) is 0 Å². The van der Waals surface area contributed by atoms with Gasteiger partial charge >= 0.3 is 0 Å². The number of methoxy groups -OCH3 is 1. The Bertz CT molecular complexity index is 409. The van der Waals surface area contributed by atoms with Gasteiger partial charge in [0.15, 0.2) is 5.96 Å². The van der Waals surface area contributed by atoms with E-state index in [4.69, 9.17) is 15.0 Å². The molecule has 2 unspecified atom stereocenters. The van der Waals surface area contributed by atoms with Crippen LogP contribution in [0.1, 0.15) is 36.8 Å². The van der Waals surface area contributed by atoms with E-state index in [1.54, 1.807) is 7.11 Å². The van der Waals surface area contributed by atoms with Crippen LogP contribution in [0.15, 0.2) is 9.52 Å². The van der Waals surface area contributed by atoms with Crippen LogP contribution in [0.5, 0.6) is 0 Å². The quantitative estimate of drug-likeness (QED) is 0.600. The van der Waals surface area contributed by atoms with Gasteiger partial charge in [0.05, 0.1) is 12.3 Å². The van der Waals surface area contributed by atoms with Crippen molar-refractivity contribution in [2.24, 2.45) is 10.7 Å². The van der Waals surface area contributed by atoms with Crippen LogP contribution in [-0.2, 0) is 4.74 Å². The molecule has 1 heterocycles. The smallest absolute Gasteiger partial charge is 0.188 e. The van der Waals surface area contributed by atoms with E-state index < -0.39 is 0 Å². The molecule has 1 aromatic heterocycles. The molecule has 2 atom stereocenters. The zero-order valence-corrected chi connectivity index (χ0v) is 12.4. The molecule has 0 saturated carbocycles. The number of aliphatic imine (C=N–C) groups is 1. The van der Waals surface area contributed by atoms with E-state index in [1.165, 1.54) is 0 Å². The molecule has 6 nitrogen and oxygen atoms in total. The van der Waals surface area contributed by atoms with Crippen LogP contribution in [0.3, 0.4) is 0 Å². The van der Waals surface area contributed by atoms with E-state index in [1.807, 2.05) is 20.8 Å². The Hall–Kier alpha value is -1.56. The summed E-state index contributed by atoms with van der Waals surface area (Å²) in [6.07, 6.45) is 0. The maximum absolute atomic E-state index is 5.83. The van der Waals surface area contributed by atoms with Gasteiger partial charge in [0, 0.05) is 31.2 Å². The Morgan fingerprint density at radius 3 is 2.68 bits per heavy atom.